The van der Waals surface area contributed by atoms with Crippen LogP contribution in [0.3, 0.4) is 0 Å². The Morgan fingerprint density at radius 2 is 2.31 bits per heavy atom. The number of aromatic carboxylic acids is 1. The molecule has 1 aromatic rings. The number of carboxylic acids is 1. The molecule has 1 rings (SSSR count). The Kier molecular flexibility index (Phi) is 3.72. The van der Waals surface area contributed by atoms with E-state index >= 15 is 0 Å². The fourth-order valence-corrected chi connectivity index (χ4v) is 1.15. The van der Waals surface area contributed by atoms with Crippen LogP contribution >= 0.6 is 0 Å². The van der Waals surface area contributed by atoms with Crippen LogP contribution in [0.5, 0.6) is 0 Å². The molecule has 0 unspecified atom stereocenters. The number of hydrogen-bond acceptors (Lipinski definition) is 3. The molecule has 1 amide bonds. The van der Waals surface area contributed by atoms with Gasteiger partial charge in [0.25, 0.3) is 5.91 Å². The SMILES string of the molecule is C#CCN(CC)C(=O)c1cc(C(=O)O)co1. The van der Waals surface area contributed by atoms with E-state index < -0.39 is 11.9 Å². The Morgan fingerprint density at radius 3 is 2.75 bits per heavy atom. The standard InChI is InChI=1S/C11H11NO4/c1-3-5-12(4-2)10(13)9-6-8(7-16-9)11(14)15/h1,6-7H,4-5H2,2H3,(H,14,15). The van der Waals surface area contributed by atoms with E-state index in [1.54, 1.807) is 6.92 Å². The molecule has 1 N–H and O–H groups in total. The number of nitrogens with zero attached hydrogens (tertiary/aromatic N) is 1. The molecular weight excluding hydrogens is 210 g/mol. The average molecular weight is 221 g/mol. The zero-order valence-electron chi connectivity index (χ0n) is 8.77. The summed E-state index contributed by atoms with van der Waals surface area (Å²) in [5.41, 5.74) is -0.0555. The van der Waals surface area contributed by atoms with Gasteiger partial charge in [0.05, 0.1) is 12.1 Å². The van der Waals surface area contributed by atoms with Gasteiger partial charge in [-0.1, -0.05) is 5.92 Å². The molecule has 1 heterocycles. The van der Waals surface area contributed by atoms with Crippen LogP contribution in [0.2, 0.25) is 0 Å². The van der Waals surface area contributed by atoms with Crippen LogP contribution in [-0.2, 0) is 0 Å². The van der Waals surface area contributed by atoms with E-state index in [2.05, 4.69) is 5.92 Å². The molecule has 0 atom stereocenters. The number of furan rings is 1. The van der Waals surface area contributed by atoms with Gasteiger partial charge in [0.1, 0.15) is 6.26 Å². The predicted molar refractivity (Wildman–Crippen MR) is 56.1 cm³/mol. The Labute approximate surface area is 92.7 Å². The van der Waals surface area contributed by atoms with Crippen molar-refractivity contribution in [1.82, 2.24) is 4.90 Å². The summed E-state index contributed by atoms with van der Waals surface area (Å²) in [5, 5.41) is 8.66. The van der Waals surface area contributed by atoms with Crippen molar-refractivity contribution in [3.63, 3.8) is 0 Å². The molecule has 0 saturated heterocycles. The topological polar surface area (TPSA) is 70.8 Å². The van der Waals surface area contributed by atoms with Crippen LogP contribution in [0.25, 0.3) is 0 Å². The third kappa shape index (κ3) is 2.42. The maximum Gasteiger partial charge on any atom is 0.338 e. The summed E-state index contributed by atoms with van der Waals surface area (Å²) in [6.07, 6.45) is 6.13. The normalized spacial score (nSPS) is 9.50. The molecule has 0 aliphatic heterocycles. The number of carbonyl (C=O) groups excluding carboxylic acids is 1. The lowest BCUT2D eigenvalue weighted by Gasteiger charge is -2.15. The second-order valence-corrected chi connectivity index (χ2v) is 3.03. The van der Waals surface area contributed by atoms with Crippen molar-refractivity contribution in [2.75, 3.05) is 13.1 Å². The molecule has 0 aromatic carbocycles. The number of hydrogen-bond donors (Lipinski definition) is 1. The first-order valence-electron chi connectivity index (χ1n) is 4.64. The van der Waals surface area contributed by atoms with E-state index in [9.17, 15) is 9.59 Å². The van der Waals surface area contributed by atoms with Crippen LogP contribution in [0.1, 0.15) is 27.8 Å². The Morgan fingerprint density at radius 1 is 1.62 bits per heavy atom. The van der Waals surface area contributed by atoms with Crippen LogP contribution in [0, 0.1) is 12.3 Å². The number of carboxylic acid groups (broad SMARTS) is 1. The number of amides is 1. The van der Waals surface area contributed by atoms with Gasteiger partial charge >= 0.3 is 5.97 Å². The zero-order valence-corrected chi connectivity index (χ0v) is 8.77. The molecule has 1 aromatic heterocycles. The predicted octanol–water partition coefficient (Wildman–Crippen LogP) is 1.07. The van der Waals surface area contributed by atoms with Crippen molar-refractivity contribution >= 4 is 11.9 Å². The van der Waals surface area contributed by atoms with Gasteiger partial charge in [0.2, 0.25) is 0 Å². The Balaban J connectivity index is 2.87. The zero-order chi connectivity index (χ0) is 12.1. The summed E-state index contributed by atoms with van der Waals surface area (Å²) >= 11 is 0. The third-order valence-electron chi connectivity index (χ3n) is 2.01. The Hall–Kier alpha value is -2.22. The van der Waals surface area contributed by atoms with Crippen LogP contribution in [0.15, 0.2) is 16.7 Å². The summed E-state index contributed by atoms with van der Waals surface area (Å²) in [4.78, 5) is 23.7. The fraction of sp³-hybridized carbons (Fsp3) is 0.273. The highest BCUT2D eigenvalue weighted by Gasteiger charge is 2.18. The minimum Gasteiger partial charge on any atom is -0.478 e. The average Bonchev–Trinajstić information content (AvgIpc) is 2.74. The largest absolute Gasteiger partial charge is 0.478 e. The summed E-state index contributed by atoms with van der Waals surface area (Å²) in [5.74, 6) is 0.781. The van der Waals surface area contributed by atoms with Crippen molar-refractivity contribution in [2.45, 2.75) is 6.92 Å². The highest BCUT2D eigenvalue weighted by molar-refractivity contribution is 5.95. The summed E-state index contributed by atoms with van der Waals surface area (Å²) in [6, 6.07) is 1.18. The molecular formula is C11H11NO4. The van der Waals surface area contributed by atoms with Gasteiger partial charge in [0, 0.05) is 12.6 Å². The second kappa shape index (κ2) is 5.03. The van der Waals surface area contributed by atoms with Gasteiger partial charge in [-0.25, -0.2) is 4.79 Å². The molecule has 5 nitrogen and oxygen atoms in total. The van der Waals surface area contributed by atoms with Gasteiger partial charge in [0.15, 0.2) is 5.76 Å². The molecule has 0 aliphatic rings. The van der Waals surface area contributed by atoms with Crippen LogP contribution in [0.4, 0.5) is 0 Å². The third-order valence-corrected chi connectivity index (χ3v) is 2.01. The van der Waals surface area contributed by atoms with E-state index in [-0.39, 0.29) is 17.9 Å². The number of carbonyl (C=O) groups is 2. The van der Waals surface area contributed by atoms with Crippen molar-refractivity contribution in [3.05, 3.63) is 23.7 Å². The van der Waals surface area contributed by atoms with Crippen molar-refractivity contribution < 1.29 is 19.1 Å². The molecule has 84 valence electrons. The number of rotatable bonds is 4. The second-order valence-electron chi connectivity index (χ2n) is 3.03. The van der Waals surface area contributed by atoms with E-state index in [1.807, 2.05) is 0 Å². The van der Waals surface area contributed by atoms with Crippen molar-refractivity contribution in [1.29, 1.82) is 0 Å². The molecule has 0 radical (unpaired) electrons. The minimum atomic E-state index is -1.14. The first kappa shape index (κ1) is 11.9. The monoisotopic (exact) mass is 221 g/mol. The molecule has 0 fully saturated rings. The van der Waals surface area contributed by atoms with Gasteiger partial charge in [-0.15, -0.1) is 6.42 Å². The van der Waals surface area contributed by atoms with E-state index in [0.717, 1.165) is 6.26 Å². The van der Waals surface area contributed by atoms with E-state index in [0.29, 0.717) is 6.54 Å². The summed E-state index contributed by atoms with van der Waals surface area (Å²) in [7, 11) is 0. The lowest BCUT2D eigenvalue weighted by atomic mass is 10.3. The smallest absolute Gasteiger partial charge is 0.338 e. The lowest BCUT2D eigenvalue weighted by molar-refractivity contribution is 0.0695. The maximum absolute atomic E-state index is 11.7. The number of terminal acetylenes is 1. The molecule has 0 spiro atoms. The molecule has 0 bridgehead atoms. The van der Waals surface area contributed by atoms with Crippen LogP contribution in [-0.4, -0.2) is 35.0 Å². The highest BCUT2D eigenvalue weighted by atomic mass is 16.4. The summed E-state index contributed by atoms with van der Waals surface area (Å²) in [6.45, 7) is 2.38. The van der Waals surface area contributed by atoms with Crippen LogP contribution < -0.4 is 0 Å². The quantitative estimate of drug-likeness (QED) is 0.772. The molecule has 0 saturated carbocycles. The molecule has 16 heavy (non-hydrogen) atoms. The lowest BCUT2D eigenvalue weighted by Crippen LogP contribution is -2.30. The minimum absolute atomic E-state index is 0.0190. The van der Waals surface area contributed by atoms with Crippen molar-refractivity contribution in [2.24, 2.45) is 0 Å². The molecule has 0 aliphatic carbocycles. The first-order chi connectivity index (χ1) is 7.60. The fourth-order valence-electron chi connectivity index (χ4n) is 1.15. The summed E-state index contributed by atoms with van der Waals surface area (Å²) < 4.78 is 4.88. The Bertz CT molecular complexity index is 441. The van der Waals surface area contributed by atoms with E-state index in [4.69, 9.17) is 15.9 Å². The van der Waals surface area contributed by atoms with Gasteiger partial charge in [-0.3, -0.25) is 4.79 Å². The van der Waals surface area contributed by atoms with Gasteiger partial charge in [-0.05, 0) is 6.92 Å². The first-order valence-corrected chi connectivity index (χ1v) is 4.64. The van der Waals surface area contributed by atoms with Gasteiger partial charge in [-0.2, -0.15) is 0 Å². The molecule has 5 heteroatoms. The highest BCUT2D eigenvalue weighted by Crippen LogP contribution is 2.10. The van der Waals surface area contributed by atoms with Gasteiger partial charge < -0.3 is 14.4 Å². The maximum atomic E-state index is 11.7. The van der Waals surface area contributed by atoms with Crippen molar-refractivity contribution in [3.8, 4) is 12.3 Å². The van der Waals surface area contributed by atoms with E-state index in [1.165, 1.54) is 11.0 Å².